The lowest BCUT2D eigenvalue weighted by Gasteiger charge is -2.22. The summed E-state index contributed by atoms with van der Waals surface area (Å²) >= 11 is 0. The van der Waals surface area contributed by atoms with E-state index in [9.17, 15) is 37.1 Å². The van der Waals surface area contributed by atoms with Crippen molar-refractivity contribution in [2.24, 2.45) is 0 Å². The monoisotopic (exact) mass is 795 g/mol. The summed E-state index contributed by atoms with van der Waals surface area (Å²) in [6, 6.07) is 9.84. The average molecular weight is 796 g/mol. The molecule has 0 saturated carbocycles. The Balaban J connectivity index is 1.11. The summed E-state index contributed by atoms with van der Waals surface area (Å²) in [6.45, 7) is 0.840. The van der Waals surface area contributed by atoms with Crippen molar-refractivity contribution in [1.82, 2.24) is 44.9 Å². The molecule has 1 aliphatic rings. The molecule has 57 heavy (non-hydrogen) atoms. The number of nitrogens with one attached hydrogen (secondary N) is 4. The van der Waals surface area contributed by atoms with Gasteiger partial charge in [-0.15, -0.1) is 0 Å². The fraction of sp³-hybridized carbons (Fsp3) is 0.405. The number of aromatic nitrogens is 4. The number of hydrogen-bond donors (Lipinski definition) is 4. The summed E-state index contributed by atoms with van der Waals surface area (Å²) in [5, 5.41) is 10.5. The van der Waals surface area contributed by atoms with Crippen molar-refractivity contribution >= 4 is 52.4 Å². The number of amides is 5. The number of likely N-dealkylation sites (N-methyl/N-ethyl adjacent to an activating group) is 3. The van der Waals surface area contributed by atoms with Crippen LogP contribution in [-0.2, 0) is 25.7 Å². The van der Waals surface area contributed by atoms with Gasteiger partial charge in [-0.1, -0.05) is 12.1 Å². The molecular weight excluding hydrogens is 751 g/mol. The van der Waals surface area contributed by atoms with Crippen LogP contribution in [-0.4, -0.2) is 136 Å². The van der Waals surface area contributed by atoms with Gasteiger partial charge in [0, 0.05) is 62.4 Å². The van der Waals surface area contributed by atoms with Crippen molar-refractivity contribution in [2.45, 2.75) is 44.6 Å². The minimum absolute atomic E-state index is 0.0378. The summed E-state index contributed by atoms with van der Waals surface area (Å²) in [6.07, 6.45) is 0.964. The number of benzene rings is 1. The smallest absolute Gasteiger partial charge is 0.409 e. The maximum absolute atomic E-state index is 13.6. The molecule has 4 aromatic rings. The Bertz CT molecular complexity index is 2080. The van der Waals surface area contributed by atoms with Crippen LogP contribution in [0.25, 0.3) is 22.4 Å². The molecule has 17 nitrogen and oxygen atoms in total. The molecule has 4 heterocycles. The zero-order chi connectivity index (χ0) is 41.3. The summed E-state index contributed by atoms with van der Waals surface area (Å²) in [5.41, 5.74) is 1.94. The summed E-state index contributed by atoms with van der Waals surface area (Å²) < 4.78 is 44.4. The van der Waals surface area contributed by atoms with Gasteiger partial charge in [-0.25, -0.2) is 24.5 Å². The summed E-state index contributed by atoms with van der Waals surface area (Å²) in [7, 11) is 4.98. The number of halogens is 3. The molecule has 20 heteroatoms. The SMILES string of the molecule is CC(Nc1ccnc(-c2cn(C(=O)N(C)CCN(C)C(=O)OCc3ccc(NC(=O)CNC(=O)C4CCCN4C)cc3)c3ncccc23)n1)C(=O)NCC(F)(F)F. The highest BCUT2D eigenvalue weighted by Gasteiger charge is 2.29. The molecule has 2 unspecified atom stereocenters. The molecule has 3 aromatic heterocycles. The van der Waals surface area contributed by atoms with Crippen LogP contribution in [0, 0.1) is 0 Å². The number of alkyl halides is 3. The standard InChI is InChI=1S/C37H44F3N11O6/c1-23(33(53)44-22-37(38,39)40)45-29-13-15-41-31(47-29)27-20-51(32-26(27)7-5-14-42-32)35(55)49(3)17-18-50(4)36(56)57-21-24-9-11-25(12-10-24)46-30(52)19-43-34(54)28-8-6-16-48(28)2/h5,7,9-15,20,23,28H,6,8,16-19,21-22H2,1-4H3,(H,43,54)(H,44,53)(H,46,52)(H,41,45,47). The van der Waals surface area contributed by atoms with Gasteiger partial charge in [-0.3, -0.25) is 23.9 Å². The van der Waals surface area contributed by atoms with Gasteiger partial charge in [0.25, 0.3) is 0 Å². The molecule has 1 aliphatic heterocycles. The van der Waals surface area contributed by atoms with E-state index in [1.807, 2.05) is 17.3 Å². The highest BCUT2D eigenvalue weighted by Crippen LogP contribution is 2.28. The Hall–Kier alpha value is -6.31. The number of rotatable bonds is 14. The number of likely N-dealkylation sites (tertiary alicyclic amines) is 1. The normalized spacial score (nSPS) is 14.8. The lowest BCUT2D eigenvalue weighted by Crippen LogP contribution is -2.44. The van der Waals surface area contributed by atoms with Crippen LogP contribution in [0.2, 0.25) is 0 Å². The number of pyridine rings is 1. The molecule has 5 rings (SSSR count). The number of fused-ring (bicyclic) bond motifs is 1. The van der Waals surface area contributed by atoms with E-state index >= 15 is 0 Å². The van der Waals surface area contributed by atoms with E-state index in [0.717, 1.165) is 19.4 Å². The van der Waals surface area contributed by atoms with Crippen LogP contribution >= 0.6 is 0 Å². The van der Waals surface area contributed by atoms with E-state index in [1.54, 1.807) is 43.4 Å². The number of carbonyl (C=O) groups excluding carboxylic acids is 5. The Morgan fingerprint density at radius 1 is 0.982 bits per heavy atom. The fourth-order valence-electron chi connectivity index (χ4n) is 5.92. The first-order valence-corrected chi connectivity index (χ1v) is 18.0. The summed E-state index contributed by atoms with van der Waals surface area (Å²) in [4.78, 5) is 81.0. The number of carbonyl (C=O) groups is 5. The van der Waals surface area contributed by atoms with E-state index in [0.29, 0.717) is 27.8 Å². The van der Waals surface area contributed by atoms with Crippen LogP contribution in [0.1, 0.15) is 25.3 Å². The number of nitrogens with zero attached hydrogens (tertiary/aromatic N) is 7. The largest absolute Gasteiger partial charge is 0.445 e. The van der Waals surface area contributed by atoms with E-state index in [-0.39, 0.29) is 55.7 Å². The predicted molar refractivity (Wildman–Crippen MR) is 203 cm³/mol. The summed E-state index contributed by atoms with van der Waals surface area (Å²) in [5.74, 6) is -1.07. The van der Waals surface area contributed by atoms with Crippen molar-refractivity contribution in [1.29, 1.82) is 0 Å². The van der Waals surface area contributed by atoms with Crippen LogP contribution in [0.15, 0.2) is 61.1 Å². The van der Waals surface area contributed by atoms with Crippen molar-refractivity contribution in [3.8, 4) is 11.4 Å². The second kappa shape index (κ2) is 18.5. The zero-order valence-electron chi connectivity index (χ0n) is 31.8. The van der Waals surface area contributed by atoms with Crippen molar-refractivity contribution in [3.63, 3.8) is 0 Å². The average Bonchev–Trinajstić information content (AvgIpc) is 3.80. The quantitative estimate of drug-likeness (QED) is 0.146. The highest BCUT2D eigenvalue weighted by molar-refractivity contribution is 5.98. The molecule has 5 amide bonds. The molecule has 0 bridgehead atoms. The Morgan fingerprint density at radius 2 is 1.72 bits per heavy atom. The van der Waals surface area contributed by atoms with Crippen LogP contribution in [0.4, 0.5) is 34.3 Å². The van der Waals surface area contributed by atoms with Gasteiger partial charge in [0.05, 0.1) is 12.6 Å². The first-order chi connectivity index (χ1) is 27.1. The minimum atomic E-state index is -4.55. The molecule has 1 fully saturated rings. The van der Waals surface area contributed by atoms with Crippen LogP contribution in [0.3, 0.4) is 0 Å². The second-order valence-electron chi connectivity index (χ2n) is 13.5. The molecular formula is C37H44F3N11O6. The minimum Gasteiger partial charge on any atom is -0.445 e. The van der Waals surface area contributed by atoms with Gasteiger partial charge >= 0.3 is 18.3 Å². The van der Waals surface area contributed by atoms with Gasteiger partial charge in [0.15, 0.2) is 5.82 Å². The topological polar surface area (TPSA) is 196 Å². The predicted octanol–water partition coefficient (Wildman–Crippen LogP) is 3.29. The van der Waals surface area contributed by atoms with Gasteiger partial charge in [-0.2, -0.15) is 13.2 Å². The van der Waals surface area contributed by atoms with Gasteiger partial charge in [0.1, 0.15) is 30.7 Å². The molecule has 304 valence electrons. The lowest BCUT2D eigenvalue weighted by atomic mass is 10.2. The Labute approximate surface area is 325 Å². The molecule has 1 saturated heterocycles. The molecule has 0 spiro atoms. The van der Waals surface area contributed by atoms with E-state index in [2.05, 4.69) is 30.9 Å². The lowest BCUT2D eigenvalue weighted by molar-refractivity contribution is -0.138. The highest BCUT2D eigenvalue weighted by atomic mass is 19.4. The first-order valence-electron chi connectivity index (χ1n) is 18.0. The van der Waals surface area contributed by atoms with Crippen molar-refractivity contribution in [2.75, 3.05) is 64.5 Å². The van der Waals surface area contributed by atoms with Gasteiger partial charge < -0.3 is 35.8 Å². The van der Waals surface area contributed by atoms with E-state index in [1.165, 1.54) is 53.0 Å². The molecule has 4 N–H and O–H groups in total. The third kappa shape index (κ3) is 11.4. The van der Waals surface area contributed by atoms with Gasteiger partial charge in [0.2, 0.25) is 17.7 Å². The van der Waals surface area contributed by atoms with E-state index in [4.69, 9.17) is 4.74 Å². The maximum atomic E-state index is 13.6. The van der Waals surface area contributed by atoms with Crippen molar-refractivity contribution in [3.05, 3.63) is 66.6 Å². The third-order valence-electron chi connectivity index (χ3n) is 9.14. The Morgan fingerprint density at radius 3 is 2.42 bits per heavy atom. The van der Waals surface area contributed by atoms with Gasteiger partial charge in [-0.05, 0) is 69.3 Å². The number of anilines is 2. The third-order valence-corrected chi connectivity index (χ3v) is 9.14. The number of ether oxygens (including phenoxy) is 1. The zero-order valence-corrected chi connectivity index (χ0v) is 31.8. The molecule has 0 aliphatic carbocycles. The fourth-order valence-corrected chi connectivity index (χ4v) is 5.92. The van der Waals surface area contributed by atoms with Crippen LogP contribution < -0.4 is 21.3 Å². The van der Waals surface area contributed by atoms with Crippen molar-refractivity contribution < 1.29 is 41.9 Å². The maximum Gasteiger partial charge on any atom is 0.409 e. The Kier molecular flexibility index (Phi) is 13.6. The second-order valence-corrected chi connectivity index (χ2v) is 13.5. The first kappa shape index (κ1) is 41.8. The molecule has 0 radical (unpaired) electrons. The number of hydrogen-bond acceptors (Lipinski definition) is 11. The molecule has 2 atom stereocenters. The molecule has 1 aromatic carbocycles. The van der Waals surface area contributed by atoms with E-state index < -0.39 is 36.8 Å². The van der Waals surface area contributed by atoms with Crippen LogP contribution in [0.5, 0.6) is 0 Å².